The highest BCUT2D eigenvalue weighted by atomic mass is 16.7. The van der Waals surface area contributed by atoms with Crippen molar-refractivity contribution in [3.63, 3.8) is 0 Å². The highest BCUT2D eigenvalue weighted by Gasteiger charge is 2.47. The van der Waals surface area contributed by atoms with Gasteiger partial charge in [0.1, 0.15) is 0 Å². The Hall–Kier alpha value is -1.95. The number of hydrogen-bond donors (Lipinski definition) is 1. The number of fused-ring (bicyclic) bond motifs is 1. The van der Waals surface area contributed by atoms with Crippen LogP contribution in [-0.2, 0) is 4.79 Å². The molecule has 0 spiro atoms. The number of anilines is 1. The zero-order valence-electron chi connectivity index (χ0n) is 15.0. The first-order chi connectivity index (χ1) is 12.7. The second-order valence-corrected chi connectivity index (χ2v) is 8.16. The molecule has 3 heterocycles. The Balaban J connectivity index is 1.21. The van der Waals surface area contributed by atoms with Gasteiger partial charge in [-0.05, 0) is 49.7 Å². The van der Waals surface area contributed by atoms with E-state index in [1.54, 1.807) is 0 Å². The number of carboxylic acids is 1. The minimum atomic E-state index is -0.595. The third-order valence-corrected chi connectivity index (χ3v) is 6.64. The van der Waals surface area contributed by atoms with Crippen LogP contribution in [0.4, 0.5) is 5.69 Å². The van der Waals surface area contributed by atoms with Gasteiger partial charge in [-0.25, -0.2) is 0 Å². The number of carbonyl (C=O) groups is 1. The predicted molar refractivity (Wildman–Crippen MR) is 96.7 cm³/mol. The number of ether oxygens (including phenoxy) is 2. The zero-order chi connectivity index (χ0) is 17.7. The van der Waals surface area contributed by atoms with E-state index in [1.165, 1.54) is 18.5 Å². The Morgan fingerprint density at radius 3 is 2.54 bits per heavy atom. The lowest BCUT2D eigenvalue weighted by Gasteiger charge is -2.38. The molecule has 0 radical (unpaired) electrons. The molecule has 26 heavy (non-hydrogen) atoms. The Labute approximate surface area is 153 Å². The van der Waals surface area contributed by atoms with E-state index in [0.29, 0.717) is 24.7 Å². The number of piperidine rings is 1. The molecule has 4 aliphatic rings. The Kier molecular flexibility index (Phi) is 3.96. The van der Waals surface area contributed by atoms with E-state index in [4.69, 9.17) is 9.47 Å². The fourth-order valence-corrected chi connectivity index (χ4v) is 4.99. The van der Waals surface area contributed by atoms with Crippen LogP contribution >= 0.6 is 0 Å². The monoisotopic (exact) mass is 358 g/mol. The van der Waals surface area contributed by atoms with Crippen LogP contribution in [0.25, 0.3) is 0 Å². The van der Waals surface area contributed by atoms with Crippen molar-refractivity contribution in [2.75, 3.05) is 37.9 Å². The molecule has 1 aliphatic carbocycles. The van der Waals surface area contributed by atoms with Gasteiger partial charge < -0.3 is 19.5 Å². The quantitative estimate of drug-likeness (QED) is 0.892. The summed E-state index contributed by atoms with van der Waals surface area (Å²) in [6.45, 7) is 4.05. The Bertz CT molecular complexity index is 697. The third-order valence-electron chi connectivity index (χ3n) is 6.64. The molecule has 0 aromatic heterocycles. The number of nitrogens with zero attached hydrogens (tertiary/aromatic N) is 2. The van der Waals surface area contributed by atoms with Crippen molar-refractivity contribution in [2.45, 2.75) is 31.7 Å². The summed E-state index contributed by atoms with van der Waals surface area (Å²) in [5, 5.41) is 9.59. The number of hydrogen-bond acceptors (Lipinski definition) is 5. The molecule has 1 N–H and O–H groups in total. The first-order valence-corrected chi connectivity index (χ1v) is 9.80. The zero-order valence-corrected chi connectivity index (χ0v) is 15.0. The van der Waals surface area contributed by atoms with Gasteiger partial charge in [0.2, 0.25) is 6.79 Å². The van der Waals surface area contributed by atoms with Gasteiger partial charge in [-0.15, -0.1) is 0 Å². The summed E-state index contributed by atoms with van der Waals surface area (Å²) in [5.74, 6) is 1.94. The van der Waals surface area contributed by atoms with Gasteiger partial charge in [0.25, 0.3) is 0 Å². The maximum absolute atomic E-state index is 11.6. The van der Waals surface area contributed by atoms with Crippen molar-refractivity contribution in [1.29, 1.82) is 0 Å². The molecular formula is C20H26N2O4. The van der Waals surface area contributed by atoms with E-state index < -0.39 is 5.97 Å². The first kappa shape index (κ1) is 16.2. The number of carboxylic acid groups (broad SMARTS) is 1. The van der Waals surface area contributed by atoms with E-state index in [1.807, 2.05) is 6.07 Å². The van der Waals surface area contributed by atoms with Crippen LogP contribution in [0.1, 0.15) is 25.7 Å². The van der Waals surface area contributed by atoms with E-state index in [0.717, 1.165) is 50.5 Å². The summed E-state index contributed by atoms with van der Waals surface area (Å²) in [7, 11) is 0. The van der Waals surface area contributed by atoms with Crippen molar-refractivity contribution < 1.29 is 19.4 Å². The normalized spacial score (nSPS) is 29.3. The molecule has 1 aromatic carbocycles. The lowest BCUT2D eigenvalue weighted by molar-refractivity contribution is -0.142. The lowest BCUT2D eigenvalue weighted by atomic mass is 9.92. The molecule has 5 rings (SSSR count). The van der Waals surface area contributed by atoms with Gasteiger partial charge in [0, 0.05) is 44.0 Å². The average molecular weight is 358 g/mol. The minimum absolute atomic E-state index is 0.158. The van der Waals surface area contributed by atoms with Crippen molar-refractivity contribution in [3.8, 4) is 11.5 Å². The van der Waals surface area contributed by atoms with E-state index in [-0.39, 0.29) is 5.92 Å². The molecular weight excluding hydrogens is 332 g/mol. The van der Waals surface area contributed by atoms with Crippen LogP contribution in [0.15, 0.2) is 18.2 Å². The highest BCUT2D eigenvalue weighted by molar-refractivity contribution is 5.71. The SMILES string of the molecule is O=C(O)[C@@H]1CN(C2CCN(c3ccc4c(c3)OCO4)CC2)C[C@H]1C1CC1. The molecule has 2 saturated heterocycles. The van der Waals surface area contributed by atoms with Crippen molar-refractivity contribution in [1.82, 2.24) is 4.90 Å². The third kappa shape index (κ3) is 2.90. The molecule has 1 saturated carbocycles. The second-order valence-electron chi connectivity index (χ2n) is 8.16. The molecule has 140 valence electrons. The molecule has 3 fully saturated rings. The Morgan fingerprint density at radius 2 is 1.81 bits per heavy atom. The van der Waals surface area contributed by atoms with Crippen LogP contribution in [0.5, 0.6) is 11.5 Å². The van der Waals surface area contributed by atoms with Gasteiger partial charge in [0.15, 0.2) is 11.5 Å². The fraction of sp³-hybridized carbons (Fsp3) is 0.650. The fourth-order valence-electron chi connectivity index (χ4n) is 4.99. The van der Waals surface area contributed by atoms with Crippen molar-refractivity contribution in [3.05, 3.63) is 18.2 Å². The highest BCUT2D eigenvalue weighted by Crippen LogP contribution is 2.45. The molecule has 2 atom stereocenters. The molecule has 0 amide bonds. The Morgan fingerprint density at radius 1 is 1.04 bits per heavy atom. The van der Waals surface area contributed by atoms with Crippen LogP contribution in [0, 0.1) is 17.8 Å². The summed E-state index contributed by atoms with van der Waals surface area (Å²) < 4.78 is 10.9. The van der Waals surface area contributed by atoms with Crippen LogP contribution in [0.3, 0.4) is 0 Å². The van der Waals surface area contributed by atoms with Gasteiger partial charge in [-0.3, -0.25) is 9.69 Å². The molecule has 0 unspecified atom stereocenters. The van der Waals surface area contributed by atoms with Crippen LogP contribution < -0.4 is 14.4 Å². The summed E-state index contributed by atoms with van der Waals surface area (Å²) in [6.07, 6.45) is 4.64. The molecule has 6 nitrogen and oxygen atoms in total. The van der Waals surface area contributed by atoms with Gasteiger partial charge in [0.05, 0.1) is 5.92 Å². The first-order valence-electron chi connectivity index (χ1n) is 9.80. The van der Waals surface area contributed by atoms with Gasteiger partial charge in [-0.2, -0.15) is 0 Å². The summed E-state index contributed by atoms with van der Waals surface area (Å²) in [6, 6.07) is 6.68. The van der Waals surface area contributed by atoms with E-state index in [9.17, 15) is 9.90 Å². The van der Waals surface area contributed by atoms with E-state index >= 15 is 0 Å². The smallest absolute Gasteiger partial charge is 0.308 e. The largest absolute Gasteiger partial charge is 0.481 e. The predicted octanol–water partition coefficient (Wildman–Crippen LogP) is 2.43. The number of aliphatic carboxylic acids is 1. The topological polar surface area (TPSA) is 62.2 Å². The van der Waals surface area contributed by atoms with E-state index in [2.05, 4.69) is 21.9 Å². The minimum Gasteiger partial charge on any atom is -0.481 e. The summed E-state index contributed by atoms with van der Waals surface area (Å²) >= 11 is 0. The van der Waals surface area contributed by atoms with Gasteiger partial charge in [-0.1, -0.05) is 0 Å². The molecule has 6 heteroatoms. The number of likely N-dealkylation sites (tertiary alicyclic amines) is 1. The van der Waals surface area contributed by atoms with Crippen LogP contribution in [-0.4, -0.2) is 55.0 Å². The summed E-state index contributed by atoms with van der Waals surface area (Å²) in [4.78, 5) is 16.5. The lowest BCUT2D eigenvalue weighted by Crippen LogP contribution is -2.44. The second kappa shape index (κ2) is 6.34. The number of rotatable bonds is 4. The molecule has 3 aliphatic heterocycles. The summed E-state index contributed by atoms with van der Waals surface area (Å²) in [5.41, 5.74) is 1.19. The van der Waals surface area contributed by atoms with Crippen molar-refractivity contribution in [2.24, 2.45) is 17.8 Å². The standard InChI is InChI=1S/C20H26N2O4/c23-20(24)17-11-22(10-16(17)13-1-2-13)14-5-7-21(8-6-14)15-3-4-18-19(9-15)26-12-25-18/h3-4,9,13-14,16-17H,1-2,5-8,10-12H2,(H,23,24)/t16-,17+/m0/s1. The maximum atomic E-state index is 11.6. The number of benzene rings is 1. The van der Waals surface area contributed by atoms with Crippen molar-refractivity contribution >= 4 is 11.7 Å². The van der Waals surface area contributed by atoms with Crippen LogP contribution in [0.2, 0.25) is 0 Å². The van der Waals surface area contributed by atoms with Gasteiger partial charge >= 0.3 is 5.97 Å². The maximum Gasteiger partial charge on any atom is 0.308 e. The molecule has 1 aromatic rings. The molecule has 0 bridgehead atoms. The average Bonchev–Trinajstić information content (AvgIpc) is 3.22.